The summed E-state index contributed by atoms with van der Waals surface area (Å²) in [6.07, 6.45) is 5.62. The smallest absolute Gasteiger partial charge is 0.125 e. The fourth-order valence-corrected chi connectivity index (χ4v) is 3.04. The van der Waals surface area contributed by atoms with Gasteiger partial charge in [0.1, 0.15) is 5.76 Å². The van der Waals surface area contributed by atoms with Gasteiger partial charge in [0.25, 0.3) is 0 Å². The Balaban J connectivity index is 1.81. The Morgan fingerprint density at radius 2 is 1.95 bits per heavy atom. The van der Waals surface area contributed by atoms with Gasteiger partial charge in [-0.25, -0.2) is 0 Å². The standard InChI is InChI=1S/C17H21NO/c1-13-9-10-15(12-13)18-17(16-8-5-11-19-16)14-6-3-2-4-7-14/h2-8,11,13,15,17-18H,9-10,12H2,1H3. The summed E-state index contributed by atoms with van der Waals surface area (Å²) >= 11 is 0. The summed E-state index contributed by atoms with van der Waals surface area (Å²) in [5, 5.41) is 3.77. The van der Waals surface area contributed by atoms with Crippen LogP contribution in [0.25, 0.3) is 0 Å². The molecular formula is C17H21NO. The van der Waals surface area contributed by atoms with Crippen molar-refractivity contribution in [1.29, 1.82) is 0 Å². The van der Waals surface area contributed by atoms with Gasteiger partial charge in [0, 0.05) is 6.04 Å². The fourth-order valence-electron chi connectivity index (χ4n) is 3.04. The average molecular weight is 255 g/mol. The highest BCUT2D eigenvalue weighted by Gasteiger charge is 2.26. The first kappa shape index (κ1) is 12.5. The summed E-state index contributed by atoms with van der Waals surface area (Å²) in [5.74, 6) is 1.84. The van der Waals surface area contributed by atoms with E-state index in [4.69, 9.17) is 4.42 Å². The van der Waals surface area contributed by atoms with Crippen molar-refractivity contribution in [2.45, 2.75) is 38.3 Å². The number of furan rings is 1. The van der Waals surface area contributed by atoms with Crippen molar-refractivity contribution in [3.63, 3.8) is 0 Å². The highest BCUT2D eigenvalue weighted by Crippen LogP contribution is 2.29. The molecular weight excluding hydrogens is 234 g/mol. The van der Waals surface area contributed by atoms with Crippen molar-refractivity contribution in [2.24, 2.45) is 5.92 Å². The van der Waals surface area contributed by atoms with Gasteiger partial charge in [0.15, 0.2) is 0 Å². The fraction of sp³-hybridized carbons (Fsp3) is 0.412. The quantitative estimate of drug-likeness (QED) is 0.888. The first-order chi connectivity index (χ1) is 9.33. The largest absolute Gasteiger partial charge is 0.467 e. The minimum Gasteiger partial charge on any atom is -0.467 e. The van der Waals surface area contributed by atoms with Crippen LogP contribution in [-0.2, 0) is 0 Å². The Morgan fingerprint density at radius 1 is 1.11 bits per heavy atom. The first-order valence-electron chi connectivity index (χ1n) is 7.17. The Labute approximate surface area is 114 Å². The lowest BCUT2D eigenvalue weighted by molar-refractivity contribution is 0.400. The van der Waals surface area contributed by atoms with Gasteiger partial charge >= 0.3 is 0 Å². The van der Waals surface area contributed by atoms with Crippen LogP contribution in [0.15, 0.2) is 53.1 Å². The van der Waals surface area contributed by atoms with Crippen LogP contribution < -0.4 is 5.32 Å². The topological polar surface area (TPSA) is 25.2 Å². The van der Waals surface area contributed by atoms with Crippen LogP contribution in [0, 0.1) is 5.92 Å². The zero-order valence-electron chi connectivity index (χ0n) is 11.4. The number of hydrogen-bond acceptors (Lipinski definition) is 2. The molecule has 1 N–H and O–H groups in total. The molecule has 1 heterocycles. The SMILES string of the molecule is CC1CCC(NC(c2ccccc2)c2ccco2)C1. The monoisotopic (exact) mass is 255 g/mol. The van der Waals surface area contributed by atoms with Crippen LogP contribution in [0.2, 0.25) is 0 Å². The maximum atomic E-state index is 5.62. The van der Waals surface area contributed by atoms with Crippen molar-refractivity contribution in [3.8, 4) is 0 Å². The van der Waals surface area contributed by atoms with Crippen LogP contribution >= 0.6 is 0 Å². The molecule has 0 bridgehead atoms. The van der Waals surface area contributed by atoms with E-state index < -0.39 is 0 Å². The van der Waals surface area contributed by atoms with Crippen molar-refractivity contribution in [2.75, 3.05) is 0 Å². The third kappa shape index (κ3) is 2.90. The van der Waals surface area contributed by atoms with Crippen LogP contribution in [0.1, 0.15) is 43.6 Å². The third-order valence-corrected chi connectivity index (χ3v) is 4.06. The molecule has 3 unspecified atom stereocenters. The first-order valence-corrected chi connectivity index (χ1v) is 7.17. The van der Waals surface area contributed by atoms with Gasteiger partial charge in [0.05, 0.1) is 12.3 Å². The van der Waals surface area contributed by atoms with Crippen molar-refractivity contribution >= 4 is 0 Å². The molecule has 1 aliphatic carbocycles. The van der Waals surface area contributed by atoms with Crippen molar-refractivity contribution in [1.82, 2.24) is 5.32 Å². The molecule has 3 rings (SSSR count). The molecule has 0 spiro atoms. The molecule has 0 aliphatic heterocycles. The summed E-state index contributed by atoms with van der Waals surface area (Å²) in [5.41, 5.74) is 1.28. The van der Waals surface area contributed by atoms with Crippen LogP contribution in [0.4, 0.5) is 0 Å². The van der Waals surface area contributed by atoms with Gasteiger partial charge in [0.2, 0.25) is 0 Å². The zero-order chi connectivity index (χ0) is 13.1. The lowest BCUT2D eigenvalue weighted by atomic mass is 10.0. The van der Waals surface area contributed by atoms with Crippen molar-refractivity contribution < 1.29 is 4.42 Å². The minimum absolute atomic E-state index is 0.173. The Kier molecular flexibility index (Phi) is 3.69. The lowest BCUT2D eigenvalue weighted by Crippen LogP contribution is -2.31. The molecule has 0 saturated heterocycles. The summed E-state index contributed by atoms with van der Waals surface area (Å²) in [4.78, 5) is 0. The van der Waals surface area contributed by atoms with E-state index in [9.17, 15) is 0 Å². The van der Waals surface area contributed by atoms with E-state index in [2.05, 4.69) is 48.6 Å². The number of hydrogen-bond donors (Lipinski definition) is 1. The lowest BCUT2D eigenvalue weighted by Gasteiger charge is -2.22. The summed E-state index contributed by atoms with van der Waals surface area (Å²) < 4.78 is 5.62. The highest BCUT2D eigenvalue weighted by atomic mass is 16.3. The molecule has 3 atom stereocenters. The average Bonchev–Trinajstić information content (AvgIpc) is 3.08. The van der Waals surface area contributed by atoms with Gasteiger partial charge < -0.3 is 9.73 Å². The molecule has 2 aromatic rings. The molecule has 100 valence electrons. The normalized spacial score (nSPS) is 24.5. The second kappa shape index (κ2) is 5.62. The van der Waals surface area contributed by atoms with Crippen LogP contribution in [0.3, 0.4) is 0 Å². The van der Waals surface area contributed by atoms with Gasteiger partial charge in [-0.3, -0.25) is 0 Å². The molecule has 1 aromatic heterocycles. The number of rotatable bonds is 4. The van der Waals surface area contributed by atoms with E-state index in [0.29, 0.717) is 6.04 Å². The van der Waals surface area contributed by atoms with E-state index in [-0.39, 0.29) is 6.04 Å². The van der Waals surface area contributed by atoms with Crippen LogP contribution in [-0.4, -0.2) is 6.04 Å². The van der Waals surface area contributed by atoms with E-state index >= 15 is 0 Å². The minimum atomic E-state index is 0.173. The van der Waals surface area contributed by atoms with Gasteiger partial charge in [-0.2, -0.15) is 0 Å². The molecule has 19 heavy (non-hydrogen) atoms. The summed E-state index contributed by atoms with van der Waals surface area (Å²) in [6.45, 7) is 2.34. The Bertz CT molecular complexity index is 491. The second-order valence-corrected chi connectivity index (χ2v) is 5.64. The van der Waals surface area contributed by atoms with E-state index in [1.54, 1.807) is 6.26 Å². The van der Waals surface area contributed by atoms with Crippen molar-refractivity contribution in [3.05, 3.63) is 60.1 Å². The third-order valence-electron chi connectivity index (χ3n) is 4.06. The molecule has 1 fully saturated rings. The van der Waals surface area contributed by atoms with Crippen LogP contribution in [0.5, 0.6) is 0 Å². The number of nitrogens with one attached hydrogen (secondary N) is 1. The number of benzene rings is 1. The Morgan fingerprint density at radius 3 is 2.58 bits per heavy atom. The van der Waals surface area contributed by atoms with Gasteiger partial charge in [-0.05, 0) is 42.9 Å². The van der Waals surface area contributed by atoms with Gasteiger partial charge in [-0.1, -0.05) is 37.3 Å². The maximum Gasteiger partial charge on any atom is 0.125 e. The molecule has 1 aliphatic rings. The predicted octanol–water partition coefficient (Wildman–Crippen LogP) is 4.15. The molecule has 1 saturated carbocycles. The predicted molar refractivity (Wildman–Crippen MR) is 76.9 cm³/mol. The summed E-state index contributed by atoms with van der Waals surface area (Å²) in [6, 6.07) is 15.4. The van der Waals surface area contributed by atoms with Gasteiger partial charge in [-0.15, -0.1) is 0 Å². The Hall–Kier alpha value is -1.54. The molecule has 0 amide bonds. The summed E-state index contributed by atoms with van der Waals surface area (Å²) in [7, 11) is 0. The highest BCUT2D eigenvalue weighted by molar-refractivity contribution is 5.26. The second-order valence-electron chi connectivity index (χ2n) is 5.64. The molecule has 1 aromatic carbocycles. The van der Waals surface area contributed by atoms with E-state index in [1.165, 1.54) is 24.8 Å². The van der Waals surface area contributed by atoms with E-state index in [0.717, 1.165) is 11.7 Å². The maximum absolute atomic E-state index is 5.62. The zero-order valence-corrected chi connectivity index (χ0v) is 11.4. The van der Waals surface area contributed by atoms with E-state index in [1.807, 2.05) is 6.07 Å². The molecule has 2 heteroatoms. The molecule has 0 radical (unpaired) electrons. The molecule has 2 nitrogen and oxygen atoms in total.